The second kappa shape index (κ2) is 8.27. The number of sulfone groups is 1. The number of carbonyl (C=O) groups excluding carboxylic acids is 1. The fourth-order valence-corrected chi connectivity index (χ4v) is 5.67. The molecule has 1 aliphatic rings. The number of anilines is 3. The van der Waals surface area contributed by atoms with E-state index in [-0.39, 0.29) is 16.5 Å². The molecule has 34 heavy (non-hydrogen) atoms. The molecule has 2 aromatic heterocycles. The van der Waals surface area contributed by atoms with Crippen molar-refractivity contribution in [3.63, 3.8) is 0 Å². The maximum absolute atomic E-state index is 13.4. The van der Waals surface area contributed by atoms with Crippen LogP contribution in [-0.2, 0) is 14.6 Å². The summed E-state index contributed by atoms with van der Waals surface area (Å²) < 4.78 is 30.3. The Balaban J connectivity index is 1.40. The first-order valence-electron chi connectivity index (χ1n) is 10.4. The van der Waals surface area contributed by atoms with Gasteiger partial charge in [-0.05, 0) is 49.2 Å². The summed E-state index contributed by atoms with van der Waals surface area (Å²) in [4.78, 5) is 21.2. The highest BCUT2D eigenvalue weighted by Gasteiger charge is 2.57. The van der Waals surface area contributed by atoms with Crippen LogP contribution in [0, 0.1) is 0 Å². The molecule has 4 aromatic rings. The molecule has 0 saturated heterocycles. The van der Waals surface area contributed by atoms with Crippen molar-refractivity contribution < 1.29 is 17.7 Å². The third kappa shape index (κ3) is 3.97. The fraction of sp³-hybridized carbons (Fsp3) is 0.130. The molecular formula is C23H20N6O4S. The van der Waals surface area contributed by atoms with E-state index in [9.17, 15) is 13.2 Å². The summed E-state index contributed by atoms with van der Waals surface area (Å²) >= 11 is 0. The van der Waals surface area contributed by atoms with Crippen molar-refractivity contribution >= 4 is 33.2 Å². The van der Waals surface area contributed by atoms with Crippen molar-refractivity contribution in [1.82, 2.24) is 15.1 Å². The number of carbonyl (C=O) groups is 1. The molecule has 0 bridgehead atoms. The molecule has 4 N–H and O–H groups in total. The third-order valence-corrected chi connectivity index (χ3v) is 8.10. The van der Waals surface area contributed by atoms with Crippen LogP contribution in [0.15, 0.2) is 82.4 Å². The summed E-state index contributed by atoms with van der Waals surface area (Å²) in [5.41, 5.74) is 7.58. The molecule has 0 radical (unpaired) electrons. The van der Waals surface area contributed by atoms with E-state index >= 15 is 0 Å². The molecule has 2 aromatic carbocycles. The highest BCUT2D eigenvalue weighted by Crippen LogP contribution is 2.54. The molecule has 0 unspecified atom stereocenters. The molecular weight excluding hydrogens is 456 g/mol. The summed E-state index contributed by atoms with van der Waals surface area (Å²) in [6, 6.07) is 17.7. The number of amides is 2. The standard InChI is InChI=1S/C23H20N6O4S/c24-19-14-18(23(11-12-23)34(31,32)17-4-2-1-3-5-17)26-21(27-19)15-6-8-16(9-7-15)25-22(30)28-20-10-13-33-29-20/h1-10,13-14H,11-12H2,(H2,24,26,27)(H2,25,28,29,30). The van der Waals surface area contributed by atoms with Crippen molar-refractivity contribution in [2.45, 2.75) is 22.5 Å². The molecule has 1 aliphatic carbocycles. The number of rotatable bonds is 6. The Hall–Kier alpha value is -4.25. The summed E-state index contributed by atoms with van der Waals surface area (Å²) in [6.45, 7) is 0. The van der Waals surface area contributed by atoms with Gasteiger partial charge in [0.25, 0.3) is 0 Å². The van der Waals surface area contributed by atoms with E-state index in [1.54, 1.807) is 54.6 Å². The van der Waals surface area contributed by atoms with E-state index in [1.165, 1.54) is 18.4 Å². The number of benzene rings is 2. The van der Waals surface area contributed by atoms with Crippen LogP contribution in [0.2, 0.25) is 0 Å². The molecule has 5 rings (SSSR count). The summed E-state index contributed by atoms with van der Waals surface area (Å²) in [5.74, 6) is 0.779. The fourth-order valence-electron chi connectivity index (χ4n) is 3.69. The Labute approximate surface area is 195 Å². The third-order valence-electron chi connectivity index (χ3n) is 5.57. The summed E-state index contributed by atoms with van der Waals surface area (Å²) in [5, 5.41) is 8.82. The molecule has 2 amide bonds. The zero-order chi connectivity index (χ0) is 23.8. The monoisotopic (exact) mass is 476 g/mol. The second-order valence-corrected chi connectivity index (χ2v) is 10.1. The van der Waals surface area contributed by atoms with E-state index in [4.69, 9.17) is 5.73 Å². The van der Waals surface area contributed by atoms with E-state index in [0.717, 1.165) is 0 Å². The van der Waals surface area contributed by atoms with Crippen LogP contribution in [-0.4, -0.2) is 29.6 Å². The van der Waals surface area contributed by atoms with Gasteiger partial charge in [-0.3, -0.25) is 5.32 Å². The van der Waals surface area contributed by atoms with E-state index in [1.807, 2.05) is 0 Å². The first-order chi connectivity index (χ1) is 16.4. The molecule has 0 spiro atoms. The van der Waals surface area contributed by atoms with Gasteiger partial charge < -0.3 is 15.6 Å². The number of nitrogen functional groups attached to an aromatic ring is 1. The maximum Gasteiger partial charge on any atom is 0.324 e. The maximum atomic E-state index is 13.4. The van der Waals surface area contributed by atoms with Crippen LogP contribution in [0.1, 0.15) is 18.5 Å². The van der Waals surface area contributed by atoms with Crippen LogP contribution in [0.4, 0.5) is 22.1 Å². The van der Waals surface area contributed by atoms with E-state index in [0.29, 0.717) is 35.6 Å². The number of urea groups is 1. The van der Waals surface area contributed by atoms with Crippen LogP contribution in [0.3, 0.4) is 0 Å². The molecule has 1 fully saturated rings. The van der Waals surface area contributed by atoms with Crippen molar-refractivity contribution in [3.8, 4) is 11.4 Å². The minimum Gasteiger partial charge on any atom is -0.384 e. The molecule has 1 saturated carbocycles. The zero-order valence-corrected chi connectivity index (χ0v) is 18.6. The first-order valence-corrected chi connectivity index (χ1v) is 11.9. The Morgan fingerprint density at radius 2 is 1.71 bits per heavy atom. The molecule has 0 aliphatic heterocycles. The first kappa shape index (κ1) is 21.6. The van der Waals surface area contributed by atoms with Gasteiger partial charge in [0.05, 0.1) is 10.6 Å². The second-order valence-electron chi connectivity index (χ2n) is 7.85. The molecule has 0 atom stereocenters. The number of nitrogens with two attached hydrogens (primary N) is 1. The molecule has 2 heterocycles. The lowest BCUT2D eigenvalue weighted by Crippen LogP contribution is -2.23. The van der Waals surface area contributed by atoms with Gasteiger partial charge in [0, 0.05) is 23.4 Å². The molecule has 172 valence electrons. The average Bonchev–Trinajstić information content (AvgIpc) is 3.51. The zero-order valence-electron chi connectivity index (χ0n) is 17.8. The van der Waals surface area contributed by atoms with Gasteiger partial charge in [-0.2, -0.15) is 0 Å². The quantitative estimate of drug-likeness (QED) is 0.380. The van der Waals surface area contributed by atoms with Gasteiger partial charge in [-0.15, -0.1) is 0 Å². The summed E-state index contributed by atoms with van der Waals surface area (Å²) in [7, 11) is -3.65. The minimum atomic E-state index is -3.65. The predicted molar refractivity (Wildman–Crippen MR) is 126 cm³/mol. The van der Waals surface area contributed by atoms with Crippen molar-refractivity contribution in [2.24, 2.45) is 0 Å². The topological polar surface area (TPSA) is 153 Å². The average molecular weight is 477 g/mol. The lowest BCUT2D eigenvalue weighted by atomic mass is 10.1. The van der Waals surface area contributed by atoms with Crippen molar-refractivity contribution in [2.75, 3.05) is 16.4 Å². The number of hydrogen-bond donors (Lipinski definition) is 3. The van der Waals surface area contributed by atoms with Crippen molar-refractivity contribution in [1.29, 1.82) is 0 Å². The Morgan fingerprint density at radius 3 is 2.35 bits per heavy atom. The lowest BCUT2D eigenvalue weighted by molar-refractivity contribution is 0.262. The Bertz CT molecular complexity index is 1430. The van der Waals surface area contributed by atoms with Crippen LogP contribution in [0.25, 0.3) is 11.4 Å². The van der Waals surface area contributed by atoms with Gasteiger partial charge in [-0.1, -0.05) is 23.4 Å². The predicted octanol–water partition coefficient (Wildman–Crippen LogP) is 3.82. The van der Waals surface area contributed by atoms with Crippen molar-refractivity contribution in [3.05, 3.63) is 78.7 Å². The SMILES string of the molecule is Nc1cc(C2(S(=O)(=O)c3ccccc3)CC2)nc(-c2ccc(NC(=O)Nc3ccon3)cc2)n1. The normalized spacial score (nSPS) is 14.4. The van der Waals surface area contributed by atoms with Gasteiger partial charge >= 0.3 is 6.03 Å². The number of aromatic nitrogens is 3. The highest BCUT2D eigenvalue weighted by molar-refractivity contribution is 7.92. The Morgan fingerprint density at radius 1 is 0.971 bits per heavy atom. The van der Waals surface area contributed by atoms with Crippen LogP contribution < -0.4 is 16.4 Å². The molecule has 10 nitrogen and oxygen atoms in total. The lowest BCUT2D eigenvalue weighted by Gasteiger charge is -2.17. The smallest absolute Gasteiger partial charge is 0.324 e. The van der Waals surface area contributed by atoms with E-state index < -0.39 is 20.6 Å². The number of hydrogen-bond acceptors (Lipinski definition) is 8. The summed E-state index contributed by atoms with van der Waals surface area (Å²) in [6.07, 6.45) is 2.27. The van der Waals surface area contributed by atoms with Crippen LogP contribution in [0.5, 0.6) is 0 Å². The molecule has 11 heteroatoms. The van der Waals surface area contributed by atoms with Gasteiger partial charge in [0.2, 0.25) is 0 Å². The van der Waals surface area contributed by atoms with Crippen LogP contribution >= 0.6 is 0 Å². The van der Waals surface area contributed by atoms with Gasteiger partial charge in [-0.25, -0.2) is 23.2 Å². The van der Waals surface area contributed by atoms with Gasteiger partial charge in [0.15, 0.2) is 21.5 Å². The van der Waals surface area contributed by atoms with E-state index in [2.05, 4.69) is 30.3 Å². The Kier molecular flexibility index (Phi) is 5.25. The largest absolute Gasteiger partial charge is 0.384 e. The minimum absolute atomic E-state index is 0.184. The van der Waals surface area contributed by atoms with Gasteiger partial charge in [0.1, 0.15) is 16.8 Å². The number of nitrogens with zero attached hydrogens (tertiary/aromatic N) is 3. The highest BCUT2D eigenvalue weighted by atomic mass is 32.2. The number of nitrogens with one attached hydrogen (secondary N) is 2.